The maximum absolute atomic E-state index is 12.3. The van der Waals surface area contributed by atoms with E-state index in [0.717, 1.165) is 18.0 Å². The standard InChI is InChI=1S/C20H23N5O3S/c26-17(22-12-14-6-4-10-21-19(14)27)13-29-20-24-23-18(16-9-5-11-28-16)25(20)15-7-2-1-3-8-15/h4-6,9-11,15H,1-3,7-8,12-13H2,(H,21,27)(H,22,26). The zero-order chi connectivity index (χ0) is 20.1. The molecule has 0 radical (unpaired) electrons. The van der Waals surface area contributed by atoms with Crippen molar-refractivity contribution in [1.82, 2.24) is 25.1 Å². The van der Waals surface area contributed by atoms with Crippen LogP contribution in [0.5, 0.6) is 0 Å². The van der Waals surface area contributed by atoms with E-state index in [9.17, 15) is 9.59 Å². The number of pyridine rings is 1. The van der Waals surface area contributed by atoms with Crippen molar-refractivity contribution >= 4 is 17.7 Å². The highest BCUT2D eigenvalue weighted by molar-refractivity contribution is 7.99. The number of H-pyrrole nitrogens is 1. The quantitative estimate of drug-likeness (QED) is 0.577. The van der Waals surface area contributed by atoms with Crippen molar-refractivity contribution < 1.29 is 9.21 Å². The monoisotopic (exact) mass is 413 g/mol. The van der Waals surface area contributed by atoms with E-state index in [1.165, 1.54) is 31.0 Å². The van der Waals surface area contributed by atoms with Crippen LogP contribution in [0.2, 0.25) is 0 Å². The molecular formula is C20H23N5O3S. The fourth-order valence-corrected chi connectivity index (χ4v) is 4.42. The second kappa shape index (κ2) is 9.13. The number of carbonyl (C=O) groups is 1. The van der Waals surface area contributed by atoms with E-state index in [1.807, 2.05) is 12.1 Å². The third-order valence-corrected chi connectivity index (χ3v) is 6.00. The lowest BCUT2D eigenvalue weighted by molar-refractivity contribution is -0.118. The third-order valence-electron chi connectivity index (χ3n) is 5.05. The fourth-order valence-electron chi connectivity index (χ4n) is 3.59. The van der Waals surface area contributed by atoms with Crippen molar-refractivity contribution in [2.24, 2.45) is 0 Å². The van der Waals surface area contributed by atoms with Crippen LogP contribution in [0.25, 0.3) is 11.6 Å². The van der Waals surface area contributed by atoms with E-state index in [0.29, 0.717) is 23.2 Å². The zero-order valence-corrected chi connectivity index (χ0v) is 16.8. The molecule has 0 aromatic carbocycles. The van der Waals surface area contributed by atoms with Gasteiger partial charge in [-0.3, -0.25) is 14.2 Å². The van der Waals surface area contributed by atoms with Gasteiger partial charge in [-0.2, -0.15) is 0 Å². The molecule has 1 aliphatic carbocycles. The molecule has 0 saturated heterocycles. The summed E-state index contributed by atoms with van der Waals surface area (Å²) in [6.45, 7) is 0.197. The Hall–Kier alpha value is -2.81. The molecule has 0 aliphatic heterocycles. The summed E-state index contributed by atoms with van der Waals surface area (Å²) in [5, 5.41) is 12.2. The molecule has 2 N–H and O–H groups in total. The minimum atomic E-state index is -0.194. The van der Waals surface area contributed by atoms with Crippen LogP contribution in [-0.2, 0) is 11.3 Å². The van der Waals surface area contributed by atoms with Gasteiger partial charge in [0.25, 0.3) is 5.56 Å². The fraction of sp³-hybridized carbons (Fsp3) is 0.400. The number of hydrogen-bond acceptors (Lipinski definition) is 6. The number of aromatic amines is 1. The van der Waals surface area contributed by atoms with Crippen molar-refractivity contribution in [1.29, 1.82) is 0 Å². The number of rotatable bonds is 7. The number of furan rings is 1. The average molecular weight is 414 g/mol. The molecule has 0 bridgehead atoms. The Kier molecular flexibility index (Phi) is 6.14. The van der Waals surface area contributed by atoms with Crippen LogP contribution in [-0.4, -0.2) is 31.4 Å². The van der Waals surface area contributed by atoms with Crippen molar-refractivity contribution in [3.8, 4) is 11.6 Å². The first-order valence-corrected chi connectivity index (χ1v) is 10.8. The van der Waals surface area contributed by atoms with Gasteiger partial charge in [0.1, 0.15) is 0 Å². The Balaban J connectivity index is 1.44. The van der Waals surface area contributed by atoms with Crippen LogP contribution < -0.4 is 10.9 Å². The highest BCUT2D eigenvalue weighted by Gasteiger charge is 2.25. The molecule has 3 heterocycles. The van der Waals surface area contributed by atoms with E-state index < -0.39 is 0 Å². The molecule has 29 heavy (non-hydrogen) atoms. The Morgan fingerprint density at radius 2 is 2.10 bits per heavy atom. The largest absolute Gasteiger partial charge is 0.461 e. The summed E-state index contributed by atoms with van der Waals surface area (Å²) >= 11 is 1.36. The van der Waals surface area contributed by atoms with E-state index in [4.69, 9.17) is 4.42 Å². The minimum absolute atomic E-state index is 0.156. The molecule has 9 heteroatoms. The van der Waals surface area contributed by atoms with Gasteiger partial charge >= 0.3 is 0 Å². The lowest BCUT2D eigenvalue weighted by Crippen LogP contribution is -2.28. The molecule has 8 nitrogen and oxygen atoms in total. The van der Waals surface area contributed by atoms with Gasteiger partial charge < -0.3 is 14.7 Å². The topological polar surface area (TPSA) is 106 Å². The Morgan fingerprint density at radius 1 is 1.24 bits per heavy atom. The number of thioether (sulfide) groups is 1. The normalized spacial score (nSPS) is 14.8. The summed E-state index contributed by atoms with van der Waals surface area (Å²) in [4.78, 5) is 26.6. The number of nitrogens with zero attached hydrogens (tertiary/aromatic N) is 3. The molecule has 152 valence electrons. The lowest BCUT2D eigenvalue weighted by Gasteiger charge is -2.25. The molecule has 3 aromatic heterocycles. The second-order valence-electron chi connectivity index (χ2n) is 7.04. The van der Waals surface area contributed by atoms with Gasteiger partial charge in [-0.15, -0.1) is 10.2 Å². The molecule has 1 amide bonds. The molecule has 3 aromatic rings. The number of carbonyl (C=O) groups excluding carboxylic acids is 1. The predicted octanol–water partition coefficient (Wildman–Crippen LogP) is 3.14. The third kappa shape index (κ3) is 4.61. The van der Waals surface area contributed by atoms with Crippen LogP contribution in [0.3, 0.4) is 0 Å². The van der Waals surface area contributed by atoms with Crippen LogP contribution in [0, 0.1) is 0 Å². The van der Waals surface area contributed by atoms with Gasteiger partial charge in [-0.05, 0) is 31.0 Å². The maximum atomic E-state index is 12.3. The Labute approximate surface area is 172 Å². The van der Waals surface area contributed by atoms with E-state index >= 15 is 0 Å². The number of amides is 1. The molecule has 0 unspecified atom stereocenters. The smallest absolute Gasteiger partial charge is 0.252 e. The van der Waals surface area contributed by atoms with Crippen LogP contribution in [0.1, 0.15) is 43.7 Å². The van der Waals surface area contributed by atoms with Crippen molar-refractivity contribution in [2.75, 3.05) is 5.75 Å². The summed E-state index contributed by atoms with van der Waals surface area (Å²) in [5.74, 6) is 1.44. The lowest BCUT2D eigenvalue weighted by atomic mass is 9.95. The molecule has 1 fully saturated rings. The SMILES string of the molecule is O=C(CSc1nnc(-c2ccco2)n1C1CCCCC1)NCc1ccc[nH]c1=O. The van der Waals surface area contributed by atoms with Gasteiger partial charge in [0.2, 0.25) is 11.7 Å². The van der Waals surface area contributed by atoms with Gasteiger partial charge in [0.15, 0.2) is 10.9 Å². The molecule has 4 rings (SSSR count). The Morgan fingerprint density at radius 3 is 2.86 bits per heavy atom. The predicted molar refractivity (Wildman–Crippen MR) is 109 cm³/mol. The van der Waals surface area contributed by atoms with Crippen molar-refractivity contribution in [2.45, 2.75) is 49.8 Å². The molecule has 1 aliphatic rings. The number of hydrogen-bond donors (Lipinski definition) is 2. The van der Waals surface area contributed by atoms with Crippen LogP contribution in [0.15, 0.2) is 51.1 Å². The zero-order valence-electron chi connectivity index (χ0n) is 16.0. The Bertz CT molecular complexity index is 1010. The highest BCUT2D eigenvalue weighted by Crippen LogP contribution is 2.35. The number of nitrogens with one attached hydrogen (secondary N) is 2. The summed E-state index contributed by atoms with van der Waals surface area (Å²) in [6, 6.07) is 7.46. The van der Waals surface area contributed by atoms with Crippen molar-refractivity contribution in [3.05, 3.63) is 52.6 Å². The van der Waals surface area contributed by atoms with Crippen LogP contribution in [0.4, 0.5) is 0 Å². The number of aromatic nitrogens is 4. The van der Waals surface area contributed by atoms with Gasteiger partial charge in [-0.1, -0.05) is 37.1 Å². The maximum Gasteiger partial charge on any atom is 0.252 e. The first kappa shape index (κ1) is 19.5. The van der Waals surface area contributed by atoms with E-state index in [-0.39, 0.29) is 23.8 Å². The first-order chi connectivity index (χ1) is 14.2. The summed E-state index contributed by atoms with van der Waals surface area (Å²) in [5.41, 5.74) is 0.330. The van der Waals surface area contributed by atoms with E-state index in [1.54, 1.807) is 24.6 Å². The van der Waals surface area contributed by atoms with Gasteiger partial charge in [0.05, 0.1) is 12.0 Å². The summed E-state index contributed by atoms with van der Waals surface area (Å²) in [7, 11) is 0. The molecule has 0 atom stereocenters. The molecular weight excluding hydrogens is 390 g/mol. The first-order valence-electron chi connectivity index (χ1n) is 9.77. The average Bonchev–Trinajstić information content (AvgIpc) is 3.42. The second-order valence-corrected chi connectivity index (χ2v) is 7.98. The summed E-state index contributed by atoms with van der Waals surface area (Å²) < 4.78 is 7.67. The van der Waals surface area contributed by atoms with Crippen LogP contribution >= 0.6 is 11.8 Å². The van der Waals surface area contributed by atoms with E-state index in [2.05, 4.69) is 25.1 Å². The van der Waals surface area contributed by atoms with Crippen molar-refractivity contribution in [3.63, 3.8) is 0 Å². The molecule has 0 spiro atoms. The van der Waals surface area contributed by atoms with Gasteiger partial charge in [-0.25, -0.2) is 0 Å². The highest BCUT2D eigenvalue weighted by atomic mass is 32.2. The summed E-state index contributed by atoms with van der Waals surface area (Å²) in [6.07, 6.45) is 8.94. The minimum Gasteiger partial charge on any atom is -0.461 e. The van der Waals surface area contributed by atoms with Gasteiger partial charge in [0, 0.05) is 24.3 Å². The molecule has 1 saturated carbocycles.